The van der Waals surface area contributed by atoms with Crippen LogP contribution in [-0.2, 0) is 0 Å². The Labute approximate surface area is 106 Å². The van der Waals surface area contributed by atoms with Gasteiger partial charge in [-0.15, -0.1) is 0 Å². The van der Waals surface area contributed by atoms with E-state index in [0.717, 1.165) is 31.5 Å². The number of anilines is 2. The third-order valence-electron chi connectivity index (χ3n) is 2.73. The van der Waals surface area contributed by atoms with Crippen molar-refractivity contribution in [1.29, 1.82) is 0 Å². The Kier molecular flexibility index (Phi) is 5.38. The molecular weight excluding hydrogens is 234 g/mol. The van der Waals surface area contributed by atoms with Crippen molar-refractivity contribution in [2.24, 2.45) is 0 Å². The first kappa shape index (κ1) is 14.2. The molecule has 100 valence electrons. The fourth-order valence-corrected chi connectivity index (χ4v) is 1.71. The summed E-state index contributed by atoms with van der Waals surface area (Å²) in [5.41, 5.74) is 6.79. The molecule has 0 radical (unpaired) electrons. The maximum Gasteiger partial charge on any atom is 0.273 e. The van der Waals surface area contributed by atoms with Gasteiger partial charge in [-0.05, 0) is 25.3 Å². The number of nitrogens with zero attached hydrogens (tertiary/aromatic N) is 2. The molecule has 1 aromatic carbocycles. The molecule has 0 aromatic heterocycles. The lowest BCUT2D eigenvalue weighted by Gasteiger charge is -2.19. The van der Waals surface area contributed by atoms with Gasteiger partial charge in [0.05, 0.1) is 4.92 Å². The highest BCUT2D eigenvalue weighted by Crippen LogP contribution is 2.24. The van der Waals surface area contributed by atoms with E-state index in [1.165, 1.54) is 12.1 Å². The summed E-state index contributed by atoms with van der Waals surface area (Å²) in [4.78, 5) is 12.2. The van der Waals surface area contributed by atoms with Gasteiger partial charge in [0.15, 0.2) is 0 Å². The average Bonchev–Trinajstić information content (AvgIpc) is 2.33. The Morgan fingerprint density at radius 1 is 1.33 bits per heavy atom. The standard InChI is InChI=1S/C12H19N3O3/c1-14(5-3-2-4-6-16)11-7-10(13)8-12(9-11)15(17)18/h7-9,16H,2-6,13H2,1H3. The number of nitro groups is 1. The zero-order valence-corrected chi connectivity index (χ0v) is 10.5. The second-order valence-electron chi connectivity index (χ2n) is 4.25. The predicted octanol–water partition coefficient (Wildman–Crippen LogP) is 1.78. The molecule has 0 saturated carbocycles. The van der Waals surface area contributed by atoms with Gasteiger partial charge in [0.25, 0.3) is 5.69 Å². The van der Waals surface area contributed by atoms with Crippen molar-refractivity contribution in [3.05, 3.63) is 28.3 Å². The van der Waals surface area contributed by atoms with Gasteiger partial charge >= 0.3 is 0 Å². The van der Waals surface area contributed by atoms with Crippen molar-refractivity contribution < 1.29 is 10.0 Å². The number of nitrogens with two attached hydrogens (primary N) is 1. The number of rotatable bonds is 7. The van der Waals surface area contributed by atoms with E-state index in [-0.39, 0.29) is 12.3 Å². The largest absolute Gasteiger partial charge is 0.398 e. The normalized spacial score (nSPS) is 10.3. The average molecular weight is 253 g/mol. The first-order valence-corrected chi connectivity index (χ1v) is 5.91. The number of unbranched alkanes of at least 4 members (excludes halogenated alkanes) is 2. The van der Waals surface area contributed by atoms with Gasteiger partial charge < -0.3 is 15.7 Å². The van der Waals surface area contributed by atoms with Gasteiger partial charge in [0.2, 0.25) is 0 Å². The van der Waals surface area contributed by atoms with E-state index in [0.29, 0.717) is 5.69 Å². The van der Waals surface area contributed by atoms with Crippen LogP contribution in [0.1, 0.15) is 19.3 Å². The molecule has 0 fully saturated rings. The summed E-state index contributed by atoms with van der Waals surface area (Å²) in [6.45, 7) is 0.980. The number of aliphatic hydroxyl groups excluding tert-OH is 1. The molecule has 0 aliphatic carbocycles. The molecule has 0 saturated heterocycles. The van der Waals surface area contributed by atoms with E-state index in [4.69, 9.17) is 10.8 Å². The smallest absolute Gasteiger partial charge is 0.273 e. The minimum Gasteiger partial charge on any atom is -0.398 e. The molecule has 1 aromatic rings. The summed E-state index contributed by atoms with van der Waals surface area (Å²) in [6, 6.07) is 4.59. The van der Waals surface area contributed by atoms with E-state index in [1.54, 1.807) is 6.07 Å². The fourth-order valence-electron chi connectivity index (χ4n) is 1.71. The van der Waals surface area contributed by atoms with Gasteiger partial charge in [-0.2, -0.15) is 0 Å². The first-order chi connectivity index (χ1) is 8.54. The van der Waals surface area contributed by atoms with Crippen molar-refractivity contribution in [2.45, 2.75) is 19.3 Å². The number of nitrogen functional groups attached to an aromatic ring is 1. The summed E-state index contributed by atoms with van der Waals surface area (Å²) in [6.07, 6.45) is 2.65. The quantitative estimate of drug-likeness (QED) is 0.334. The molecular formula is C12H19N3O3. The van der Waals surface area contributed by atoms with Crippen LogP contribution in [0.5, 0.6) is 0 Å². The summed E-state index contributed by atoms with van der Waals surface area (Å²) in [5.74, 6) is 0. The molecule has 0 spiro atoms. The number of nitro benzene ring substituents is 1. The van der Waals surface area contributed by atoms with Gasteiger partial charge in [-0.25, -0.2) is 0 Å². The number of aliphatic hydroxyl groups is 1. The zero-order chi connectivity index (χ0) is 13.5. The highest BCUT2D eigenvalue weighted by Gasteiger charge is 2.10. The molecule has 6 heteroatoms. The molecule has 0 atom stereocenters. The minimum atomic E-state index is -0.445. The molecule has 6 nitrogen and oxygen atoms in total. The Morgan fingerprint density at radius 3 is 2.67 bits per heavy atom. The van der Waals surface area contributed by atoms with Gasteiger partial charge in [-0.3, -0.25) is 10.1 Å². The van der Waals surface area contributed by atoms with E-state index in [2.05, 4.69) is 0 Å². The van der Waals surface area contributed by atoms with Gasteiger partial charge in [-0.1, -0.05) is 0 Å². The second kappa shape index (κ2) is 6.80. The van der Waals surface area contributed by atoms with Crippen LogP contribution in [-0.4, -0.2) is 30.2 Å². The Balaban J connectivity index is 2.67. The van der Waals surface area contributed by atoms with Gasteiger partial charge in [0, 0.05) is 43.7 Å². The summed E-state index contributed by atoms with van der Waals surface area (Å²) in [7, 11) is 1.87. The third kappa shape index (κ3) is 4.21. The molecule has 0 heterocycles. The van der Waals surface area contributed by atoms with Crippen LogP contribution in [0.3, 0.4) is 0 Å². The minimum absolute atomic E-state index is 0.00667. The summed E-state index contributed by atoms with van der Waals surface area (Å²) < 4.78 is 0. The number of non-ortho nitro benzene ring substituents is 1. The van der Waals surface area contributed by atoms with Crippen LogP contribution in [0.2, 0.25) is 0 Å². The lowest BCUT2D eigenvalue weighted by molar-refractivity contribution is -0.384. The third-order valence-corrected chi connectivity index (χ3v) is 2.73. The van der Waals surface area contributed by atoms with Crippen LogP contribution in [0, 0.1) is 10.1 Å². The lowest BCUT2D eigenvalue weighted by atomic mass is 10.2. The van der Waals surface area contributed by atoms with E-state index < -0.39 is 4.92 Å². The second-order valence-corrected chi connectivity index (χ2v) is 4.25. The topological polar surface area (TPSA) is 92.6 Å². The zero-order valence-electron chi connectivity index (χ0n) is 10.5. The number of hydrogen-bond acceptors (Lipinski definition) is 5. The van der Waals surface area contributed by atoms with E-state index in [9.17, 15) is 10.1 Å². The van der Waals surface area contributed by atoms with Crippen LogP contribution >= 0.6 is 0 Å². The molecule has 0 aliphatic heterocycles. The number of benzene rings is 1. The highest BCUT2D eigenvalue weighted by molar-refractivity contribution is 5.62. The molecule has 1 rings (SSSR count). The van der Waals surface area contributed by atoms with Crippen LogP contribution in [0.15, 0.2) is 18.2 Å². The fraction of sp³-hybridized carbons (Fsp3) is 0.500. The van der Waals surface area contributed by atoms with E-state index >= 15 is 0 Å². The SMILES string of the molecule is CN(CCCCCO)c1cc(N)cc([N+](=O)[O-])c1. The van der Waals surface area contributed by atoms with Crippen LogP contribution in [0.4, 0.5) is 17.1 Å². The van der Waals surface area contributed by atoms with Crippen molar-refractivity contribution in [3.63, 3.8) is 0 Å². The van der Waals surface area contributed by atoms with Crippen LogP contribution < -0.4 is 10.6 Å². The molecule has 0 amide bonds. The maximum atomic E-state index is 10.7. The van der Waals surface area contributed by atoms with Crippen molar-refractivity contribution in [2.75, 3.05) is 30.8 Å². The summed E-state index contributed by atoms with van der Waals surface area (Å²) >= 11 is 0. The van der Waals surface area contributed by atoms with Gasteiger partial charge in [0.1, 0.15) is 0 Å². The molecule has 0 aliphatic rings. The number of hydrogen-bond donors (Lipinski definition) is 2. The first-order valence-electron chi connectivity index (χ1n) is 5.91. The molecule has 3 N–H and O–H groups in total. The molecule has 18 heavy (non-hydrogen) atoms. The Hall–Kier alpha value is -1.82. The Bertz CT molecular complexity index is 410. The predicted molar refractivity (Wildman–Crippen MR) is 71.7 cm³/mol. The maximum absolute atomic E-state index is 10.7. The molecule has 0 unspecified atom stereocenters. The lowest BCUT2D eigenvalue weighted by Crippen LogP contribution is -2.18. The highest BCUT2D eigenvalue weighted by atomic mass is 16.6. The molecule has 0 bridgehead atoms. The Morgan fingerprint density at radius 2 is 2.06 bits per heavy atom. The van der Waals surface area contributed by atoms with Crippen molar-refractivity contribution in [1.82, 2.24) is 0 Å². The van der Waals surface area contributed by atoms with E-state index in [1.807, 2.05) is 11.9 Å². The monoisotopic (exact) mass is 253 g/mol. The van der Waals surface area contributed by atoms with Crippen LogP contribution in [0.25, 0.3) is 0 Å². The van der Waals surface area contributed by atoms with Crippen molar-refractivity contribution in [3.8, 4) is 0 Å². The summed E-state index contributed by atoms with van der Waals surface area (Å²) in [5, 5.41) is 19.4. The van der Waals surface area contributed by atoms with Crippen molar-refractivity contribution >= 4 is 17.1 Å².